The number of anilines is 2. The Morgan fingerprint density at radius 1 is 1.06 bits per heavy atom. The second kappa shape index (κ2) is 5.50. The fourth-order valence-corrected chi connectivity index (χ4v) is 1.85. The van der Waals surface area contributed by atoms with Gasteiger partial charge in [0.2, 0.25) is 16.5 Å². The van der Waals surface area contributed by atoms with Gasteiger partial charge < -0.3 is 5.32 Å². The van der Waals surface area contributed by atoms with E-state index in [0.717, 1.165) is 5.69 Å². The molecule has 1 aromatic heterocycles. The Hall–Kier alpha value is -1.39. The standard InChI is InChI=1S/C12H12Cl2N4/c1-7(2)8-4-3-5-9(6-8)15-12-17-10(13)16-11(14)18-12/h3-7H,1-2H3,(H,15,16,17,18). The first-order chi connectivity index (χ1) is 8.54. The molecule has 18 heavy (non-hydrogen) atoms. The zero-order valence-corrected chi connectivity index (χ0v) is 11.5. The number of benzene rings is 1. The number of hydrogen-bond donors (Lipinski definition) is 1. The minimum Gasteiger partial charge on any atom is -0.324 e. The highest BCUT2D eigenvalue weighted by Gasteiger charge is 2.05. The van der Waals surface area contributed by atoms with Gasteiger partial charge in [-0.05, 0) is 46.8 Å². The van der Waals surface area contributed by atoms with Crippen LogP contribution in [-0.2, 0) is 0 Å². The van der Waals surface area contributed by atoms with Gasteiger partial charge in [0.25, 0.3) is 0 Å². The Balaban J connectivity index is 2.25. The molecular weight excluding hydrogens is 271 g/mol. The van der Waals surface area contributed by atoms with Crippen LogP contribution in [0.25, 0.3) is 0 Å². The van der Waals surface area contributed by atoms with Crippen molar-refractivity contribution in [1.82, 2.24) is 15.0 Å². The van der Waals surface area contributed by atoms with E-state index in [1.807, 2.05) is 18.2 Å². The molecule has 0 saturated carbocycles. The van der Waals surface area contributed by atoms with Crippen LogP contribution in [-0.4, -0.2) is 15.0 Å². The largest absolute Gasteiger partial charge is 0.324 e. The number of halogens is 2. The van der Waals surface area contributed by atoms with Crippen LogP contribution in [0.5, 0.6) is 0 Å². The predicted octanol–water partition coefficient (Wildman–Crippen LogP) is 4.05. The molecule has 6 heteroatoms. The fraction of sp³-hybridized carbons (Fsp3) is 0.250. The third kappa shape index (κ3) is 3.31. The highest BCUT2D eigenvalue weighted by Crippen LogP contribution is 2.21. The van der Waals surface area contributed by atoms with Crippen molar-refractivity contribution in [2.75, 3.05) is 5.32 Å². The van der Waals surface area contributed by atoms with Crippen LogP contribution < -0.4 is 5.32 Å². The Bertz CT molecular complexity index is 537. The molecule has 0 spiro atoms. The maximum Gasteiger partial charge on any atom is 0.232 e. The average Bonchev–Trinajstić information content (AvgIpc) is 2.27. The van der Waals surface area contributed by atoms with E-state index in [4.69, 9.17) is 23.2 Å². The molecule has 0 amide bonds. The SMILES string of the molecule is CC(C)c1cccc(Nc2nc(Cl)nc(Cl)n2)c1. The molecule has 1 heterocycles. The van der Waals surface area contributed by atoms with Gasteiger partial charge in [-0.1, -0.05) is 26.0 Å². The topological polar surface area (TPSA) is 50.7 Å². The first kappa shape index (κ1) is 13.1. The molecule has 2 aromatic rings. The molecule has 94 valence electrons. The lowest BCUT2D eigenvalue weighted by atomic mass is 10.0. The van der Waals surface area contributed by atoms with Gasteiger partial charge in [0.1, 0.15) is 0 Å². The van der Waals surface area contributed by atoms with Crippen LogP contribution in [0.3, 0.4) is 0 Å². The zero-order valence-electron chi connectivity index (χ0n) is 9.98. The van der Waals surface area contributed by atoms with Gasteiger partial charge in [-0.15, -0.1) is 0 Å². The third-order valence-electron chi connectivity index (χ3n) is 2.39. The molecule has 0 fully saturated rings. The summed E-state index contributed by atoms with van der Waals surface area (Å²) in [7, 11) is 0. The van der Waals surface area contributed by atoms with Crippen LogP contribution in [0.4, 0.5) is 11.6 Å². The van der Waals surface area contributed by atoms with Crippen molar-refractivity contribution in [1.29, 1.82) is 0 Å². The minimum absolute atomic E-state index is 0.0671. The summed E-state index contributed by atoms with van der Waals surface area (Å²) in [5.41, 5.74) is 2.12. The molecule has 0 aliphatic heterocycles. The van der Waals surface area contributed by atoms with Crippen LogP contribution >= 0.6 is 23.2 Å². The van der Waals surface area contributed by atoms with Gasteiger partial charge in [0, 0.05) is 5.69 Å². The van der Waals surface area contributed by atoms with Crippen molar-refractivity contribution in [2.45, 2.75) is 19.8 Å². The Morgan fingerprint density at radius 3 is 2.33 bits per heavy atom. The summed E-state index contributed by atoms with van der Waals surface area (Å²) in [4.78, 5) is 11.6. The molecule has 0 aliphatic rings. The van der Waals surface area contributed by atoms with Gasteiger partial charge in [0.05, 0.1) is 0 Å². The third-order valence-corrected chi connectivity index (χ3v) is 2.73. The summed E-state index contributed by atoms with van der Waals surface area (Å²) in [6, 6.07) is 8.01. The van der Waals surface area contributed by atoms with Gasteiger partial charge in [-0.25, -0.2) is 0 Å². The number of nitrogens with zero attached hydrogens (tertiary/aromatic N) is 3. The normalized spacial score (nSPS) is 10.7. The molecule has 0 saturated heterocycles. The average molecular weight is 283 g/mol. The van der Waals surface area contributed by atoms with Gasteiger partial charge >= 0.3 is 0 Å². The van der Waals surface area contributed by atoms with E-state index in [9.17, 15) is 0 Å². The molecule has 4 nitrogen and oxygen atoms in total. The lowest BCUT2D eigenvalue weighted by molar-refractivity contribution is 0.867. The van der Waals surface area contributed by atoms with Crippen molar-refractivity contribution in [3.8, 4) is 0 Å². The summed E-state index contributed by atoms with van der Waals surface area (Å²) in [6.45, 7) is 4.27. The number of nitrogens with one attached hydrogen (secondary N) is 1. The summed E-state index contributed by atoms with van der Waals surface area (Å²) < 4.78 is 0. The highest BCUT2D eigenvalue weighted by atomic mass is 35.5. The zero-order chi connectivity index (χ0) is 13.1. The maximum absolute atomic E-state index is 5.71. The van der Waals surface area contributed by atoms with Crippen molar-refractivity contribution in [3.63, 3.8) is 0 Å². The van der Waals surface area contributed by atoms with Gasteiger partial charge in [-0.3, -0.25) is 0 Å². The van der Waals surface area contributed by atoms with Crippen molar-refractivity contribution >= 4 is 34.8 Å². The Morgan fingerprint density at radius 2 is 1.72 bits per heavy atom. The smallest absolute Gasteiger partial charge is 0.232 e. The number of hydrogen-bond acceptors (Lipinski definition) is 4. The molecule has 1 aromatic carbocycles. The maximum atomic E-state index is 5.71. The molecule has 2 rings (SSSR count). The lowest BCUT2D eigenvalue weighted by Crippen LogP contribution is -2.00. The van der Waals surface area contributed by atoms with E-state index in [1.165, 1.54) is 5.56 Å². The quantitative estimate of drug-likeness (QED) is 0.923. The van der Waals surface area contributed by atoms with Crippen molar-refractivity contribution in [3.05, 3.63) is 40.4 Å². The summed E-state index contributed by atoms with van der Waals surface area (Å²) in [5.74, 6) is 0.790. The van der Waals surface area contributed by atoms with E-state index in [0.29, 0.717) is 11.9 Å². The first-order valence-electron chi connectivity index (χ1n) is 5.48. The predicted molar refractivity (Wildman–Crippen MR) is 73.7 cm³/mol. The summed E-state index contributed by atoms with van der Waals surface area (Å²) in [5, 5.41) is 3.18. The second-order valence-electron chi connectivity index (χ2n) is 4.10. The van der Waals surface area contributed by atoms with E-state index < -0.39 is 0 Å². The Kier molecular flexibility index (Phi) is 3.99. The van der Waals surface area contributed by atoms with Crippen molar-refractivity contribution in [2.24, 2.45) is 0 Å². The molecule has 0 aliphatic carbocycles. The molecule has 0 radical (unpaired) electrons. The fourth-order valence-electron chi connectivity index (χ4n) is 1.49. The first-order valence-corrected chi connectivity index (χ1v) is 6.24. The van der Waals surface area contributed by atoms with E-state index in [-0.39, 0.29) is 10.6 Å². The molecular formula is C12H12Cl2N4. The molecule has 0 atom stereocenters. The molecule has 0 unspecified atom stereocenters. The van der Waals surface area contributed by atoms with Crippen molar-refractivity contribution < 1.29 is 0 Å². The van der Waals surface area contributed by atoms with Gasteiger partial charge in [-0.2, -0.15) is 15.0 Å². The minimum atomic E-state index is 0.0671. The Labute approximate surface area is 115 Å². The van der Waals surface area contributed by atoms with E-state index >= 15 is 0 Å². The second-order valence-corrected chi connectivity index (χ2v) is 4.78. The molecule has 0 bridgehead atoms. The monoisotopic (exact) mass is 282 g/mol. The van der Waals surface area contributed by atoms with E-state index in [1.54, 1.807) is 0 Å². The number of rotatable bonds is 3. The van der Waals surface area contributed by atoms with Crippen LogP contribution in [0.1, 0.15) is 25.3 Å². The molecule has 1 N–H and O–H groups in total. The van der Waals surface area contributed by atoms with Crippen LogP contribution in [0, 0.1) is 0 Å². The van der Waals surface area contributed by atoms with Crippen LogP contribution in [0.15, 0.2) is 24.3 Å². The van der Waals surface area contributed by atoms with Gasteiger partial charge in [0.15, 0.2) is 0 Å². The van der Waals surface area contributed by atoms with E-state index in [2.05, 4.69) is 40.2 Å². The number of aromatic nitrogens is 3. The summed E-state index contributed by atoms with van der Waals surface area (Å²) >= 11 is 11.4. The lowest BCUT2D eigenvalue weighted by Gasteiger charge is -2.09. The highest BCUT2D eigenvalue weighted by molar-refractivity contribution is 6.31. The summed E-state index contributed by atoms with van der Waals surface area (Å²) in [6.07, 6.45) is 0. The van der Waals surface area contributed by atoms with Crippen LogP contribution in [0.2, 0.25) is 10.6 Å².